The van der Waals surface area contributed by atoms with Gasteiger partial charge in [-0.2, -0.15) is 0 Å². The molecule has 0 spiro atoms. The molecule has 0 radical (unpaired) electrons. The van der Waals surface area contributed by atoms with E-state index in [1.54, 1.807) is 60.5 Å². The first-order valence-electron chi connectivity index (χ1n) is 7.97. The Balaban J connectivity index is 1.65. The van der Waals surface area contributed by atoms with Gasteiger partial charge in [0, 0.05) is 18.3 Å². The lowest BCUT2D eigenvalue weighted by Gasteiger charge is -2.17. The topological polar surface area (TPSA) is 49.8 Å². The second kappa shape index (κ2) is 7.53. The molecule has 0 atom stereocenters. The normalized spacial score (nSPS) is 10.3. The van der Waals surface area contributed by atoms with Crippen molar-refractivity contribution in [2.75, 3.05) is 11.9 Å². The lowest BCUT2D eigenvalue weighted by atomic mass is 10.1. The Bertz CT molecular complexity index is 827. The number of amides is 1. The van der Waals surface area contributed by atoms with Crippen LogP contribution in [-0.2, 0) is 6.61 Å². The fourth-order valence-electron chi connectivity index (χ4n) is 2.42. The average molecular weight is 333 g/mol. The number of aromatic hydroxyl groups is 1. The fourth-order valence-corrected chi connectivity index (χ4v) is 2.42. The van der Waals surface area contributed by atoms with E-state index >= 15 is 0 Å². The van der Waals surface area contributed by atoms with Crippen LogP contribution in [0.3, 0.4) is 0 Å². The maximum atomic E-state index is 12.5. The number of rotatable bonds is 5. The van der Waals surface area contributed by atoms with E-state index < -0.39 is 0 Å². The van der Waals surface area contributed by atoms with Crippen molar-refractivity contribution in [3.63, 3.8) is 0 Å². The summed E-state index contributed by atoms with van der Waals surface area (Å²) >= 11 is 0. The van der Waals surface area contributed by atoms with E-state index in [-0.39, 0.29) is 11.7 Å². The maximum Gasteiger partial charge on any atom is 0.258 e. The summed E-state index contributed by atoms with van der Waals surface area (Å²) in [7, 11) is 1.70. The van der Waals surface area contributed by atoms with Crippen LogP contribution >= 0.6 is 0 Å². The van der Waals surface area contributed by atoms with Gasteiger partial charge in [0.25, 0.3) is 5.91 Å². The molecule has 25 heavy (non-hydrogen) atoms. The number of phenolic OH excluding ortho intramolecular Hbond substituents is 1. The first-order chi connectivity index (χ1) is 12.1. The van der Waals surface area contributed by atoms with Gasteiger partial charge in [0.05, 0.1) is 0 Å². The van der Waals surface area contributed by atoms with Gasteiger partial charge in [-0.05, 0) is 54.1 Å². The van der Waals surface area contributed by atoms with Gasteiger partial charge in [0.2, 0.25) is 0 Å². The molecule has 0 saturated carbocycles. The molecule has 4 heteroatoms. The molecule has 1 N–H and O–H groups in total. The van der Waals surface area contributed by atoms with E-state index in [0.717, 1.165) is 5.56 Å². The first kappa shape index (κ1) is 16.6. The number of carbonyl (C=O) groups is 1. The van der Waals surface area contributed by atoms with Gasteiger partial charge in [0.15, 0.2) is 0 Å². The molecule has 3 aromatic carbocycles. The zero-order valence-corrected chi connectivity index (χ0v) is 13.9. The molecule has 3 aromatic rings. The van der Waals surface area contributed by atoms with Crippen LogP contribution in [0.5, 0.6) is 11.5 Å². The van der Waals surface area contributed by atoms with Crippen molar-refractivity contribution in [1.29, 1.82) is 0 Å². The number of phenols is 1. The van der Waals surface area contributed by atoms with E-state index in [1.807, 2.05) is 30.3 Å². The maximum absolute atomic E-state index is 12.5. The van der Waals surface area contributed by atoms with Gasteiger partial charge >= 0.3 is 0 Å². The van der Waals surface area contributed by atoms with E-state index in [4.69, 9.17) is 4.74 Å². The number of nitrogens with zero attached hydrogens (tertiary/aromatic N) is 1. The third-order valence-electron chi connectivity index (χ3n) is 3.89. The molecule has 0 saturated heterocycles. The fraction of sp³-hybridized carbons (Fsp3) is 0.0952. The summed E-state index contributed by atoms with van der Waals surface area (Å²) in [5.41, 5.74) is 2.38. The summed E-state index contributed by atoms with van der Waals surface area (Å²) < 4.78 is 5.73. The van der Waals surface area contributed by atoms with Crippen molar-refractivity contribution in [2.24, 2.45) is 0 Å². The molecular formula is C21H19NO3. The van der Waals surface area contributed by atoms with Crippen molar-refractivity contribution < 1.29 is 14.6 Å². The number of hydrogen-bond donors (Lipinski definition) is 1. The molecular weight excluding hydrogens is 314 g/mol. The summed E-state index contributed by atoms with van der Waals surface area (Å²) in [6, 6.07) is 23.5. The first-order valence-corrected chi connectivity index (χ1v) is 7.97. The summed E-state index contributed by atoms with van der Waals surface area (Å²) in [4.78, 5) is 14.1. The summed E-state index contributed by atoms with van der Waals surface area (Å²) in [5.74, 6) is 0.762. The van der Waals surface area contributed by atoms with Gasteiger partial charge in [0.1, 0.15) is 18.1 Å². The largest absolute Gasteiger partial charge is 0.508 e. The molecule has 0 aliphatic carbocycles. The average Bonchev–Trinajstić information content (AvgIpc) is 2.67. The Morgan fingerprint density at radius 1 is 0.920 bits per heavy atom. The highest BCUT2D eigenvalue weighted by atomic mass is 16.5. The van der Waals surface area contributed by atoms with Gasteiger partial charge in [-0.3, -0.25) is 4.79 Å². The van der Waals surface area contributed by atoms with E-state index in [2.05, 4.69) is 0 Å². The van der Waals surface area contributed by atoms with Gasteiger partial charge in [-0.1, -0.05) is 30.3 Å². The Morgan fingerprint density at radius 2 is 1.56 bits per heavy atom. The van der Waals surface area contributed by atoms with Crippen LogP contribution in [-0.4, -0.2) is 18.1 Å². The Hall–Kier alpha value is -3.27. The van der Waals surface area contributed by atoms with Crippen LogP contribution in [0.15, 0.2) is 78.9 Å². The van der Waals surface area contributed by atoms with Crippen LogP contribution in [0.25, 0.3) is 0 Å². The molecule has 3 rings (SSSR count). The highest BCUT2D eigenvalue weighted by Crippen LogP contribution is 2.20. The second-order valence-electron chi connectivity index (χ2n) is 5.68. The molecule has 126 valence electrons. The molecule has 0 aliphatic rings. The number of ether oxygens (including phenoxy) is 1. The molecule has 0 aliphatic heterocycles. The number of anilines is 1. The van der Waals surface area contributed by atoms with Crippen LogP contribution < -0.4 is 9.64 Å². The number of hydrogen-bond acceptors (Lipinski definition) is 3. The minimum Gasteiger partial charge on any atom is -0.508 e. The lowest BCUT2D eigenvalue weighted by Crippen LogP contribution is -2.26. The van der Waals surface area contributed by atoms with Crippen molar-refractivity contribution in [3.8, 4) is 11.5 Å². The van der Waals surface area contributed by atoms with E-state index in [9.17, 15) is 9.90 Å². The Morgan fingerprint density at radius 3 is 2.20 bits per heavy atom. The van der Waals surface area contributed by atoms with Crippen molar-refractivity contribution >= 4 is 11.6 Å². The predicted octanol–water partition coefficient (Wildman–Crippen LogP) is 4.25. The van der Waals surface area contributed by atoms with Gasteiger partial charge in [-0.15, -0.1) is 0 Å². The molecule has 0 bridgehead atoms. The molecule has 1 amide bonds. The Labute approximate surface area is 146 Å². The summed E-state index contributed by atoms with van der Waals surface area (Å²) in [5, 5.41) is 9.34. The van der Waals surface area contributed by atoms with Crippen molar-refractivity contribution in [2.45, 2.75) is 6.61 Å². The minimum absolute atomic E-state index is 0.125. The van der Waals surface area contributed by atoms with Gasteiger partial charge in [-0.25, -0.2) is 0 Å². The second-order valence-corrected chi connectivity index (χ2v) is 5.68. The third kappa shape index (κ3) is 4.18. The zero-order valence-electron chi connectivity index (χ0n) is 13.9. The Kier molecular flexibility index (Phi) is 5.00. The quantitative estimate of drug-likeness (QED) is 0.759. The van der Waals surface area contributed by atoms with Crippen LogP contribution in [0, 0.1) is 0 Å². The summed E-state index contributed by atoms with van der Waals surface area (Å²) in [6.45, 7) is 0.488. The number of carbonyl (C=O) groups excluding carboxylic acids is 1. The standard InChI is InChI=1S/C21H19NO3/c1-22(18-9-11-19(23)12-10-18)21(24)17-7-13-20(14-8-17)25-15-16-5-3-2-4-6-16/h2-14,23H,15H2,1H3. The highest BCUT2D eigenvalue weighted by molar-refractivity contribution is 6.05. The molecule has 0 heterocycles. The monoisotopic (exact) mass is 333 g/mol. The van der Waals surface area contributed by atoms with E-state index in [0.29, 0.717) is 23.6 Å². The molecule has 0 aromatic heterocycles. The highest BCUT2D eigenvalue weighted by Gasteiger charge is 2.13. The molecule has 0 fully saturated rings. The van der Waals surface area contributed by atoms with Crippen LogP contribution in [0.1, 0.15) is 15.9 Å². The minimum atomic E-state index is -0.125. The number of benzene rings is 3. The smallest absolute Gasteiger partial charge is 0.258 e. The van der Waals surface area contributed by atoms with Crippen LogP contribution in [0.2, 0.25) is 0 Å². The van der Waals surface area contributed by atoms with Crippen molar-refractivity contribution in [3.05, 3.63) is 90.0 Å². The van der Waals surface area contributed by atoms with Crippen LogP contribution in [0.4, 0.5) is 5.69 Å². The molecule has 4 nitrogen and oxygen atoms in total. The van der Waals surface area contributed by atoms with Gasteiger partial charge < -0.3 is 14.7 Å². The summed E-state index contributed by atoms with van der Waals surface area (Å²) in [6.07, 6.45) is 0. The zero-order chi connectivity index (χ0) is 17.6. The SMILES string of the molecule is CN(C(=O)c1ccc(OCc2ccccc2)cc1)c1ccc(O)cc1. The molecule has 0 unspecified atom stereocenters. The third-order valence-corrected chi connectivity index (χ3v) is 3.89. The predicted molar refractivity (Wildman–Crippen MR) is 98.1 cm³/mol. The van der Waals surface area contributed by atoms with Crippen molar-refractivity contribution in [1.82, 2.24) is 0 Å². The lowest BCUT2D eigenvalue weighted by molar-refractivity contribution is 0.0993. The van der Waals surface area contributed by atoms with E-state index in [1.165, 1.54) is 0 Å².